The van der Waals surface area contributed by atoms with E-state index >= 15 is 0 Å². The highest BCUT2D eigenvalue weighted by Crippen LogP contribution is 2.40. The Bertz CT molecular complexity index is 439. The van der Waals surface area contributed by atoms with Gasteiger partial charge in [-0.2, -0.15) is 0 Å². The van der Waals surface area contributed by atoms with Crippen LogP contribution in [0.15, 0.2) is 0 Å². The van der Waals surface area contributed by atoms with Crippen molar-refractivity contribution in [3.63, 3.8) is 0 Å². The summed E-state index contributed by atoms with van der Waals surface area (Å²) in [4.78, 5) is 24.4. The fourth-order valence-corrected chi connectivity index (χ4v) is 4.32. The molecule has 2 aliphatic rings. The second-order valence-electron chi connectivity index (χ2n) is 8.71. The second-order valence-corrected chi connectivity index (χ2v) is 8.71. The molecule has 2 amide bonds. The van der Waals surface area contributed by atoms with E-state index in [9.17, 15) is 9.59 Å². The first-order valence-corrected chi connectivity index (χ1v) is 9.95. The Balaban J connectivity index is 1.75. The monoisotopic (exact) mass is 336 g/mol. The van der Waals surface area contributed by atoms with Crippen LogP contribution in [-0.4, -0.2) is 23.9 Å². The van der Waals surface area contributed by atoms with Gasteiger partial charge in [0.2, 0.25) is 0 Å². The molecule has 24 heavy (non-hydrogen) atoms. The lowest BCUT2D eigenvalue weighted by Gasteiger charge is -2.39. The van der Waals surface area contributed by atoms with E-state index < -0.39 is 11.8 Å². The van der Waals surface area contributed by atoms with E-state index in [2.05, 4.69) is 38.3 Å². The maximum atomic E-state index is 12.2. The largest absolute Gasteiger partial charge is 0.345 e. The van der Waals surface area contributed by atoms with Crippen molar-refractivity contribution in [3.05, 3.63) is 0 Å². The van der Waals surface area contributed by atoms with E-state index in [1.54, 1.807) is 0 Å². The zero-order valence-electron chi connectivity index (χ0n) is 16.0. The molecule has 4 nitrogen and oxygen atoms in total. The first kappa shape index (κ1) is 19.3. The van der Waals surface area contributed by atoms with Gasteiger partial charge in [0.1, 0.15) is 0 Å². The first-order chi connectivity index (χ1) is 11.3. The minimum absolute atomic E-state index is 0.163. The summed E-state index contributed by atoms with van der Waals surface area (Å²) in [7, 11) is 0. The molecule has 0 radical (unpaired) electrons. The summed E-state index contributed by atoms with van der Waals surface area (Å²) in [5.41, 5.74) is 0.378. The Morgan fingerprint density at radius 2 is 1.50 bits per heavy atom. The van der Waals surface area contributed by atoms with E-state index in [1.165, 1.54) is 12.8 Å². The van der Waals surface area contributed by atoms with Crippen LogP contribution >= 0.6 is 0 Å². The zero-order valence-corrected chi connectivity index (χ0v) is 16.0. The molecule has 2 fully saturated rings. The average molecular weight is 337 g/mol. The molecule has 0 heterocycles. The molecule has 4 heteroatoms. The van der Waals surface area contributed by atoms with Crippen molar-refractivity contribution in [3.8, 4) is 0 Å². The number of carbonyl (C=O) groups is 2. The lowest BCUT2D eigenvalue weighted by molar-refractivity contribution is -0.140. The maximum absolute atomic E-state index is 12.2. The molecule has 2 saturated carbocycles. The van der Waals surface area contributed by atoms with E-state index in [4.69, 9.17) is 0 Å². The Morgan fingerprint density at radius 1 is 0.917 bits per heavy atom. The third-order valence-electron chi connectivity index (χ3n) is 6.71. The van der Waals surface area contributed by atoms with Gasteiger partial charge in [-0.3, -0.25) is 9.59 Å². The van der Waals surface area contributed by atoms with Crippen molar-refractivity contribution in [2.24, 2.45) is 17.3 Å². The quantitative estimate of drug-likeness (QED) is 0.767. The molecular weight excluding hydrogens is 300 g/mol. The molecule has 0 aliphatic heterocycles. The summed E-state index contributed by atoms with van der Waals surface area (Å²) in [6, 6.07) is 0.328. The number of hydrogen-bond acceptors (Lipinski definition) is 2. The van der Waals surface area contributed by atoms with Crippen molar-refractivity contribution < 1.29 is 9.59 Å². The van der Waals surface area contributed by atoms with Gasteiger partial charge in [0, 0.05) is 12.1 Å². The lowest BCUT2D eigenvalue weighted by atomic mass is 9.69. The summed E-state index contributed by atoms with van der Waals surface area (Å²) in [5.74, 6) is 0.325. The number of amides is 2. The van der Waals surface area contributed by atoms with E-state index in [1.807, 2.05) is 0 Å². The smallest absolute Gasteiger partial charge is 0.309 e. The molecule has 138 valence electrons. The molecule has 0 bridgehead atoms. The van der Waals surface area contributed by atoms with Gasteiger partial charge in [0.15, 0.2) is 0 Å². The summed E-state index contributed by atoms with van der Waals surface area (Å²) in [6.45, 7) is 9.11. The topological polar surface area (TPSA) is 58.2 Å². The van der Waals surface area contributed by atoms with Crippen LogP contribution in [0.2, 0.25) is 0 Å². The van der Waals surface area contributed by atoms with E-state index in [0.29, 0.717) is 11.3 Å². The Hall–Kier alpha value is -1.06. The normalized spacial score (nSPS) is 31.3. The van der Waals surface area contributed by atoms with Crippen molar-refractivity contribution >= 4 is 11.8 Å². The van der Waals surface area contributed by atoms with Gasteiger partial charge in [-0.1, -0.05) is 47.0 Å². The van der Waals surface area contributed by atoms with Crippen LogP contribution in [0.25, 0.3) is 0 Å². The molecule has 0 spiro atoms. The van der Waals surface area contributed by atoms with Crippen molar-refractivity contribution in [2.75, 3.05) is 0 Å². The molecular formula is C20H36N2O2. The van der Waals surface area contributed by atoms with Crippen LogP contribution in [0.1, 0.15) is 85.5 Å². The predicted octanol–water partition coefficient (Wildman–Crippen LogP) is 3.79. The number of carbonyl (C=O) groups excluding carboxylic acids is 2. The average Bonchev–Trinajstić information content (AvgIpc) is 2.57. The molecule has 0 aromatic rings. The molecule has 0 aromatic carbocycles. The first-order valence-electron chi connectivity index (χ1n) is 9.95. The molecule has 2 N–H and O–H groups in total. The van der Waals surface area contributed by atoms with Crippen LogP contribution < -0.4 is 10.6 Å². The summed E-state index contributed by atoms with van der Waals surface area (Å²) >= 11 is 0. The van der Waals surface area contributed by atoms with Crippen LogP contribution in [0.5, 0.6) is 0 Å². The standard InChI is InChI=1S/C20H36N2O2/c1-5-20(3,4)15-10-12-16(13-11-15)21-18(23)19(24)22-17-9-7-6-8-14(17)2/h14-17H,5-13H2,1-4H3,(H,21,23)(H,22,24)/t14-,15?,16?,17+/m1/s1. The Kier molecular flexibility index (Phi) is 6.70. The fourth-order valence-electron chi connectivity index (χ4n) is 4.32. The highest BCUT2D eigenvalue weighted by Gasteiger charge is 2.33. The van der Waals surface area contributed by atoms with Crippen molar-refractivity contribution in [1.29, 1.82) is 0 Å². The SMILES string of the molecule is CCC(C)(C)C1CCC(NC(=O)C(=O)N[C@H]2CCCC[C@H]2C)CC1. The van der Waals surface area contributed by atoms with Crippen LogP contribution in [0.4, 0.5) is 0 Å². The highest BCUT2D eigenvalue weighted by molar-refractivity contribution is 6.35. The van der Waals surface area contributed by atoms with Gasteiger partial charge >= 0.3 is 11.8 Å². The third kappa shape index (κ3) is 4.97. The minimum Gasteiger partial charge on any atom is -0.345 e. The van der Waals surface area contributed by atoms with Gasteiger partial charge in [-0.25, -0.2) is 0 Å². The van der Waals surface area contributed by atoms with Crippen LogP contribution in [-0.2, 0) is 9.59 Å². The Morgan fingerprint density at radius 3 is 2.08 bits per heavy atom. The molecule has 0 unspecified atom stereocenters. The number of rotatable bonds is 4. The molecule has 2 aliphatic carbocycles. The number of hydrogen-bond donors (Lipinski definition) is 2. The molecule has 2 atom stereocenters. The highest BCUT2D eigenvalue weighted by atomic mass is 16.2. The third-order valence-corrected chi connectivity index (χ3v) is 6.71. The predicted molar refractivity (Wildman–Crippen MR) is 97.5 cm³/mol. The summed E-state index contributed by atoms with van der Waals surface area (Å²) in [5, 5.41) is 5.91. The van der Waals surface area contributed by atoms with E-state index in [-0.39, 0.29) is 12.1 Å². The second kappa shape index (κ2) is 8.35. The van der Waals surface area contributed by atoms with Gasteiger partial charge in [0.25, 0.3) is 0 Å². The van der Waals surface area contributed by atoms with Gasteiger partial charge in [-0.05, 0) is 55.8 Å². The van der Waals surface area contributed by atoms with Crippen molar-refractivity contribution in [1.82, 2.24) is 10.6 Å². The number of nitrogens with one attached hydrogen (secondary N) is 2. The minimum atomic E-state index is -0.440. The fraction of sp³-hybridized carbons (Fsp3) is 0.900. The van der Waals surface area contributed by atoms with E-state index in [0.717, 1.165) is 50.9 Å². The Labute approximate surface area is 147 Å². The van der Waals surface area contributed by atoms with Gasteiger partial charge in [-0.15, -0.1) is 0 Å². The van der Waals surface area contributed by atoms with Crippen molar-refractivity contribution in [2.45, 2.75) is 97.6 Å². The molecule has 2 rings (SSSR count). The molecule has 0 aromatic heterocycles. The zero-order chi connectivity index (χ0) is 17.7. The summed E-state index contributed by atoms with van der Waals surface area (Å²) < 4.78 is 0. The lowest BCUT2D eigenvalue weighted by Crippen LogP contribution is -2.50. The van der Waals surface area contributed by atoms with Crippen LogP contribution in [0.3, 0.4) is 0 Å². The maximum Gasteiger partial charge on any atom is 0.309 e. The van der Waals surface area contributed by atoms with Gasteiger partial charge in [0.05, 0.1) is 0 Å². The summed E-state index contributed by atoms with van der Waals surface area (Å²) in [6.07, 6.45) is 9.99. The van der Waals surface area contributed by atoms with Crippen LogP contribution in [0, 0.1) is 17.3 Å². The molecule has 0 saturated heterocycles. The van der Waals surface area contributed by atoms with Gasteiger partial charge < -0.3 is 10.6 Å².